The van der Waals surface area contributed by atoms with Gasteiger partial charge in [0.25, 0.3) is 0 Å². The third-order valence-corrected chi connectivity index (χ3v) is 8.01. The molecule has 2 nitrogen and oxygen atoms in total. The lowest BCUT2D eigenvalue weighted by Crippen LogP contribution is -2.40. The predicted molar refractivity (Wildman–Crippen MR) is 72.5 cm³/mol. The zero-order valence-electron chi connectivity index (χ0n) is 11.2. The molecule has 0 aromatic carbocycles. The molecule has 0 aromatic rings. The van der Waals surface area contributed by atoms with Crippen LogP contribution in [0.3, 0.4) is 0 Å². The molecule has 0 aliphatic carbocycles. The molecule has 0 radical (unpaired) electrons. The highest BCUT2D eigenvalue weighted by Crippen LogP contribution is 2.36. The van der Waals surface area contributed by atoms with Gasteiger partial charge in [-0.05, 0) is 42.6 Å². The van der Waals surface area contributed by atoms with Crippen molar-refractivity contribution in [3.8, 4) is 0 Å². The Bertz CT molecular complexity index is 222. The summed E-state index contributed by atoms with van der Waals surface area (Å²) in [5, 5.41) is 0.0457. The van der Waals surface area contributed by atoms with Gasteiger partial charge in [0.1, 0.15) is 0 Å². The molecule has 0 spiro atoms. The number of rotatable bonds is 7. The fraction of sp³-hybridized carbons (Fsp3) is 0.917. The van der Waals surface area contributed by atoms with E-state index >= 15 is 0 Å². The molecule has 96 valence electrons. The number of carbonyl (C=O) groups excluding carboxylic acids is 1. The van der Waals surface area contributed by atoms with E-state index in [-0.39, 0.29) is 10.3 Å². The fourth-order valence-corrected chi connectivity index (χ4v) is 2.31. The molecule has 0 amide bonds. The molecule has 16 heavy (non-hydrogen) atoms. The minimum atomic E-state index is -1.58. The van der Waals surface area contributed by atoms with Gasteiger partial charge in [-0.25, -0.2) is 0 Å². The SMILES string of the molecule is CC(C)(C)[Si](C)(C)OCCCCCC(=O)Cl. The number of halogens is 1. The van der Waals surface area contributed by atoms with Gasteiger partial charge in [-0.3, -0.25) is 4.79 Å². The first kappa shape index (κ1) is 16.1. The second-order valence-electron chi connectivity index (χ2n) is 5.77. The van der Waals surface area contributed by atoms with Crippen LogP contribution in [0.4, 0.5) is 0 Å². The van der Waals surface area contributed by atoms with Crippen LogP contribution >= 0.6 is 11.6 Å². The van der Waals surface area contributed by atoms with Gasteiger partial charge in [-0.15, -0.1) is 0 Å². The number of hydrogen-bond acceptors (Lipinski definition) is 2. The summed E-state index contributed by atoms with van der Waals surface area (Å²) in [5.74, 6) is 0. The van der Waals surface area contributed by atoms with Crippen molar-refractivity contribution >= 4 is 25.2 Å². The van der Waals surface area contributed by atoms with Gasteiger partial charge in [0.2, 0.25) is 5.24 Å². The Kier molecular flexibility index (Phi) is 6.83. The lowest BCUT2D eigenvalue weighted by atomic mass is 10.2. The Morgan fingerprint density at radius 2 is 1.75 bits per heavy atom. The topological polar surface area (TPSA) is 26.3 Å². The van der Waals surface area contributed by atoms with Crippen LogP contribution in [0.2, 0.25) is 18.1 Å². The molecular weight excluding hydrogens is 240 g/mol. The van der Waals surface area contributed by atoms with Crippen LogP contribution < -0.4 is 0 Å². The summed E-state index contributed by atoms with van der Waals surface area (Å²) in [4.78, 5) is 10.5. The van der Waals surface area contributed by atoms with Crippen molar-refractivity contribution in [3.05, 3.63) is 0 Å². The molecule has 0 saturated carbocycles. The van der Waals surface area contributed by atoms with Crippen LogP contribution in [-0.4, -0.2) is 20.2 Å². The minimum absolute atomic E-state index is 0.231. The summed E-state index contributed by atoms with van der Waals surface area (Å²) in [6, 6.07) is 0. The van der Waals surface area contributed by atoms with Gasteiger partial charge >= 0.3 is 0 Å². The van der Waals surface area contributed by atoms with Gasteiger partial charge in [0.05, 0.1) is 0 Å². The Morgan fingerprint density at radius 3 is 2.19 bits per heavy atom. The van der Waals surface area contributed by atoms with Crippen molar-refractivity contribution in [1.29, 1.82) is 0 Å². The van der Waals surface area contributed by atoms with Crippen molar-refractivity contribution in [2.24, 2.45) is 0 Å². The third-order valence-electron chi connectivity index (χ3n) is 3.29. The summed E-state index contributed by atoms with van der Waals surface area (Å²) in [5.41, 5.74) is 0. The van der Waals surface area contributed by atoms with E-state index in [1.165, 1.54) is 0 Å². The maximum absolute atomic E-state index is 10.5. The normalized spacial score (nSPS) is 12.9. The fourth-order valence-electron chi connectivity index (χ4n) is 1.09. The Balaban J connectivity index is 3.63. The van der Waals surface area contributed by atoms with E-state index in [1.807, 2.05) is 0 Å². The van der Waals surface area contributed by atoms with E-state index < -0.39 is 8.32 Å². The molecule has 0 atom stereocenters. The van der Waals surface area contributed by atoms with Crippen LogP contribution in [0.15, 0.2) is 0 Å². The molecule has 0 N–H and O–H groups in total. The highest BCUT2D eigenvalue weighted by Gasteiger charge is 2.36. The monoisotopic (exact) mass is 264 g/mol. The van der Waals surface area contributed by atoms with Crippen molar-refractivity contribution in [2.45, 2.75) is 64.6 Å². The molecule has 0 heterocycles. The van der Waals surface area contributed by atoms with Crippen LogP contribution in [0.1, 0.15) is 46.5 Å². The smallest absolute Gasteiger partial charge is 0.221 e. The van der Waals surface area contributed by atoms with Crippen molar-refractivity contribution in [2.75, 3.05) is 6.61 Å². The molecule has 0 bridgehead atoms. The quantitative estimate of drug-likeness (QED) is 0.389. The molecule has 0 aliphatic heterocycles. The average Bonchev–Trinajstić information content (AvgIpc) is 2.08. The summed E-state index contributed by atoms with van der Waals surface area (Å²) in [6.45, 7) is 12.1. The number of hydrogen-bond donors (Lipinski definition) is 0. The molecule has 0 fully saturated rings. The standard InChI is InChI=1S/C12H25ClO2Si/c1-12(2,3)16(4,5)15-10-8-6-7-9-11(13)14/h6-10H2,1-5H3. The van der Waals surface area contributed by atoms with Gasteiger partial charge in [-0.1, -0.05) is 27.2 Å². The largest absolute Gasteiger partial charge is 0.417 e. The van der Waals surface area contributed by atoms with Gasteiger partial charge in [0.15, 0.2) is 8.32 Å². The first-order chi connectivity index (χ1) is 7.17. The third kappa shape index (κ3) is 6.66. The van der Waals surface area contributed by atoms with Crippen LogP contribution in [0.25, 0.3) is 0 Å². The van der Waals surface area contributed by atoms with Crippen molar-refractivity contribution < 1.29 is 9.22 Å². The Labute approximate surface area is 106 Å². The number of unbranched alkanes of at least 4 members (excludes halogenated alkanes) is 2. The first-order valence-corrected chi connectivity index (χ1v) is 9.28. The lowest BCUT2D eigenvalue weighted by molar-refractivity contribution is -0.111. The molecule has 0 rings (SSSR count). The summed E-state index contributed by atoms with van der Waals surface area (Å²) >= 11 is 5.26. The van der Waals surface area contributed by atoms with Crippen LogP contribution in [0, 0.1) is 0 Å². The predicted octanol–water partition coefficient (Wildman–Crippen LogP) is 4.33. The average molecular weight is 265 g/mol. The number of carbonyl (C=O) groups is 1. The van der Waals surface area contributed by atoms with E-state index in [1.54, 1.807) is 0 Å². The molecule has 0 aromatic heterocycles. The lowest BCUT2D eigenvalue weighted by Gasteiger charge is -2.36. The van der Waals surface area contributed by atoms with Crippen molar-refractivity contribution in [3.63, 3.8) is 0 Å². The first-order valence-electron chi connectivity index (χ1n) is 5.99. The van der Waals surface area contributed by atoms with Gasteiger partial charge in [0, 0.05) is 13.0 Å². The van der Waals surface area contributed by atoms with Crippen molar-refractivity contribution in [1.82, 2.24) is 0 Å². The van der Waals surface area contributed by atoms with E-state index in [0.29, 0.717) is 6.42 Å². The van der Waals surface area contributed by atoms with E-state index in [4.69, 9.17) is 16.0 Å². The van der Waals surface area contributed by atoms with Crippen LogP contribution in [0.5, 0.6) is 0 Å². The maximum Gasteiger partial charge on any atom is 0.221 e. The van der Waals surface area contributed by atoms with E-state index in [2.05, 4.69) is 33.9 Å². The molecule has 4 heteroatoms. The Morgan fingerprint density at radius 1 is 1.19 bits per heavy atom. The van der Waals surface area contributed by atoms with Gasteiger partial charge < -0.3 is 4.43 Å². The maximum atomic E-state index is 10.5. The van der Waals surface area contributed by atoms with E-state index in [9.17, 15) is 4.79 Å². The molecule has 0 unspecified atom stereocenters. The van der Waals surface area contributed by atoms with Crippen LogP contribution in [-0.2, 0) is 9.22 Å². The van der Waals surface area contributed by atoms with Gasteiger partial charge in [-0.2, -0.15) is 0 Å². The minimum Gasteiger partial charge on any atom is -0.417 e. The van der Waals surface area contributed by atoms with E-state index in [0.717, 1.165) is 25.9 Å². The highest BCUT2D eigenvalue weighted by molar-refractivity contribution is 6.74. The summed E-state index contributed by atoms with van der Waals surface area (Å²) < 4.78 is 6.02. The molecule has 0 aliphatic rings. The zero-order valence-corrected chi connectivity index (χ0v) is 13.0. The zero-order chi connectivity index (χ0) is 12.8. The second kappa shape index (κ2) is 6.77. The summed E-state index contributed by atoms with van der Waals surface area (Å²) in [6.07, 6.45) is 3.41. The second-order valence-corrected chi connectivity index (χ2v) is 11.0. The molecule has 0 saturated heterocycles. The summed E-state index contributed by atoms with van der Waals surface area (Å²) in [7, 11) is -1.58. The highest BCUT2D eigenvalue weighted by atomic mass is 35.5. The Hall–Kier alpha value is 0.137. The molecular formula is C12H25ClO2Si.